The van der Waals surface area contributed by atoms with Crippen LogP contribution in [0.3, 0.4) is 0 Å². The van der Waals surface area contributed by atoms with E-state index in [0.717, 1.165) is 4.31 Å². The maximum atomic E-state index is 14.8. The number of hydrogen-bond donors (Lipinski definition) is 3. The normalized spacial score (nSPS) is 23.3. The van der Waals surface area contributed by atoms with Gasteiger partial charge in [0.25, 0.3) is 5.91 Å². The summed E-state index contributed by atoms with van der Waals surface area (Å²) in [7, 11) is -3.31. The van der Waals surface area contributed by atoms with Crippen molar-refractivity contribution < 1.29 is 40.7 Å². The van der Waals surface area contributed by atoms with Gasteiger partial charge in [0, 0.05) is 45.9 Å². The highest BCUT2D eigenvalue weighted by Crippen LogP contribution is 2.45. The number of amides is 3. The lowest BCUT2D eigenvalue weighted by Gasteiger charge is -2.36. The Bertz CT molecular complexity index is 2250. The number of nitrogens with one attached hydrogen (secondary N) is 3. The lowest BCUT2D eigenvalue weighted by Crippen LogP contribution is -2.58. The summed E-state index contributed by atoms with van der Waals surface area (Å²) in [5, 5.41) is 7.06. The van der Waals surface area contributed by atoms with Gasteiger partial charge in [0.2, 0.25) is 37.7 Å². The summed E-state index contributed by atoms with van der Waals surface area (Å²) in [6.45, 7) is 5.45. The number of sulfonamides is 2. The molecule has 0 bridgehead atoms. The van der Waals surface area contributed by atoms with E-state index < -0.39 is 76.1 Å². The standard InChI is InChI=1S/C36H44ClIN6O9S2/c1-35(2,3)30(40-21-8-7-9-24(15-21)55(50,51)43(4)5)33(46)44-19-22(53-32-26-14-20(37)10-13-25(26)28(52-6)18-39-32)16-27(44)31(45)41-36(17-29(36)38)34(47)42-54(48,49)23-11-12-23/h7-10,13-15,18,22-23,27,29-30,40H,11-12,16-17,19H2,1-6H3,(H,41,45)(H,42,47)/t22-,27+,29-,30?,36-/m1/s1. The van der Waals surface area contributed by atoms with Crippen molar-refractivity contribution >= 4 is 88.4 Å². The van der Waals surface area contributed by atoms with E-state index in [1.54, 1.807) is 30.3 Å². The number of carbonyl (C=O) groups is 3. The average Bonchev–Trinajstić information content (AvgIpc) is 4.03. The van der Waals surface area contributed by atoms with Crippen molar-refractivity contribution in [1.29, 1.82) is 0 Å². The Balaban J connectivity index is 1.32. The third-order valence-corrected chi connectivity index (χ3v) is 15.4. The van der Waals surface area contributed by atoms with Gasteiger partial charge in [-0.1, -0.05) is 61.0 Å². The van der Waals surface area contributed by atoms with E-state index in [2.05, 4.69) is 20.3 Å². The summed E-state index contributed by atoms with van der Waals surface area (Å²) < 4.78 is 66.0. The molecule has 1 aliphatic heterocycles. The van der Waals surface area contributed by atoms with Crippen LogP contribution in [0.4, 0.5) is 5.69 Å². The molecule has 15 nitrogen and oxygen atoms in total. The summed E-state index contributed by atoms with van der Waals surface area (Å²) >= 11 is 8.35. The van der Waals surface area contributed by atoms with Crippen LogP contribution in [-0.4, -0.2) is 109 Å². The fourth-order valence-corrected chi connectivity index (χ4v) is 10.1. The van der Waals surface area contributed by atoms with Crippen molar-refractivity contribution in [2.45, 2.75) is 84.3 Å². The molecule has 5 atom stereocenters. The Labute approximate surface area is 339 Å². The quantitative estimate of drug-likeness (QED) is 0.167. The fraction of sp³-hybridized carbons (Fsp3) is 0.500. The monoisotopic (exact) mass is 930 g/mol. The smallest absolute Gasteiger partial charge is 0.260 e. The van der Waals surface area contributed by atoms with Crippen LogP contribution in [0.25, 0.3) is 10.8 Å². The first-order valence-corrected chi connectivity index (χ1v) is 22.2. The van der Waals surface area contributed by atoms with Crippen molar-refractivity contribution in [3.8, 4) is 11.6 Å². The van der Waals surface area contributed by atoms with Crippen LogP contribution in [0.2, 0.25) is 5.02 Å². The molecule has 3 fully saturated rings. The highest BCUT2D eigenvalue weighted by molar-refractivity contribution is 14.1. The van der Waals surface area contributed by atoms with E-state index in [-0.39, 0.29) is 30.2 Å². The molecule has 1 aromatic heterocycles. The molecule has 3 aromatic rings. The molecular formula is C36H44ClIN6O9S2. The summed E-state index contributed by atoms with van der Waals surface area (Å²) in [6, 6.07) is 9.16. The predicted molar refractivity (Wildman–Crippen MR) is 215 cm³/mol. The number of anilines is 1. The SMILES string of the molecule is COc1cnc(O[C@@H]2C[C@@H](C(=O)N[C@]3(C(=O)NS(=O)(=O)C4CC4)C[C@H]3I)N(C(=O)C(Nc3cccc(S(=O)(=O)N(C)C)c3)C(C)(C)C)C2)c2cc(Cl)ccc12. The minimum Gasteiger partial charge on any atom is -0.494 e. The van der Waals surface area contributed by atoms with Gasteiger partial charge in [-0.05, 0) is 61.1 Å². The maximum Gasteiger partial charge on any atom is 0.260 e. The number of methoxy groups -OCH3 is 1. The fourth-order valence-electron chi connectivity index (χ4n) is 6.52. The Morgan fingerprint density at radius 3 is 2.36 bits per heavy atom. The molecule has 1 saturated heterocycles. The summed E-state index contributed by atoms with van der Waals surface area (Å²) in [4.78, 5) is 48.4. The lowest BCUT2D eigenvalue weighted by molar-refractivity contribution is -0.141. The second-order valence-corrected chi connectivity index (χ2v) is 21.4. The third kappa shape index (κ3) is 8.47. The van der Waals surface area contributed by atoms with Gasteiger partial charge in [-0.25, -0.2) is 26.1 Å². The zero-order valence-corrected chi connectivity index (χ0v) is 35.7. The van der Waals surface area contributed by atoms with E-state index in [9.17, 15) is 31.2 Å². The van der Waals surface area contributed by atoms with Crippen LogP contribution in [0.1, 0.15) is 46.5 Å². The van der Waals surface area contributed by atoms with Crippen LogP contribution < -0.4 is 24.8 Å². The first-order chi connectivity index (χ1) is 25.7. The molecule has 0 radical (unpaired) electrons. The number of likely N-dealkylation sites (tertiary alicyclic amines) is 1. The van der Waals surface area contributed by atoms with Crippen molar-refractivity contribution in [1.82, 2.24) is 24.2 Å². The molecule has 6 rings (SSSR count). The van der Waals surface area contributed by atoms with Gasteiger partial charge in [-0.3, -0.25) is 19.1 Å². The average molecular weight is 931 g/mol. The maximum absolute atomic E-state index is 14.8. The molecule has 2 aliphatic carbocycles. The van der Waals surface area contributed by atoms with Crippen molar-refractivity contribution in [3.63, 3.8) is 0 Å². The number of hydrogen-bond acceptors (Lipinski definition) is 11. The molecule has 55 heavy (non-hydrogen) atoms. The second-order valence-electron chi connectivity index (χ2n) is 15.4. The number of alkyl halides is 1. The van der Waals surface area contributed by atoms with Gasteiger partial charge in [0.15, 0.2) is 0 Å². The second kappa shape index (κ2) is 15.1. The molecule has 2 saturated carbocycles. The topological polar surface area (TPSA) is 193 Å². The summed E-state index contributed by atoms with van der Waals surface area (Å²) in [6.07, 6.45) is 1.87. The Morgan fingerprint density at radius 2 is 1.76 bits per heavy atom. The van der Waals surface area contributed by atoms with Crippen LogP contribution >= 0.6 is 34.2 Å². The van der Waals surface area contributed by atoms with E-state index in [1.165, 1.54) is 44.4 Å². The molecule has 2 aromatic carbocycles. The van der Waals surface area contributed by atoms with E-state index in [4.69, 9.17) is 21.1 Å². The number of nitrogens with zero attached hydrogens (tertiary/aromatic N) is 3. The minimum absolute atomic E-state index is 0.00471. The Morgan fingerprint density at radius 1 is 1.07 bits per heavy atom. The van der Waals surface area contributed by atoms with Crippen LogP contribution in [0, 0.1) is 5.41 Å². The van der Waals surface area contributed by atoms with E-state index >= 15 is 0 Å². The number of rotatable bonds is 13. The highest BCUT2D eigenvalue weighted by Gasteiger charge is 2.62. The van der Waals surface area contributed by atoms with Crippen molar-refractivity contribution in [3.05, 3.63) is 53.7 Å². The molecule has 2 heterocycles. The van der Waals surface area contributed by atoms with Crippen molar-refractivity contribution in [2.75, 3.05) is 33.1 Å². The molecule has 19 heteroatoms. The van der Waals surface area contributed by atoms with Gasteiger partial charge in [-0.15, -0.1) is 0 Å². The predicted octanol–water partition coefficient (Wildman–Crippen LogP) is 3.69. The zero-order valence-electron chi connectivity index (χ0n) is 31.1. The number of benzene rings is 2. The number of pyridine rings is 1. The molecule has 3 N–H and O–H groups in total. The van der Waals surface area contributed by atoms with E-state index in [1.807, 2.05) is 43.4 Å². The summed E-state index contributed by atoms with van der Waals surface area (Å²) in [5.74, 6) is -1.25. The van der Waals surface area contributed by atoms with Gasteiger partial charge >= 0.3 is 0 Å². The molecule has 298 valence electrons. The molecule has 1 unspecified atom stereocenters. The first kappa shape index (κ1) is 41.2. The number of aromatic nitrogens is 1. The van der Waals surface area contributed by atoms with Crippen LogP contribution in [0.15, 0.2) is 53.6 Å². The largest absolute Gasteiger partial charge is 0.494 e. The van der Waals surface area contributed by atoms with E-state index in [0.29, 0.717) is 40.1 Å². The molecule has 3 aliphatic rings. The minimum atomic E-state index is -3.89. The highest BCUT2D eigenvalue weighted by atomic mass is 127. The van der Waals surface area contributed by atoms with Gasteiger partial charge < -0.3 is 25.0 Å². The molecule has 3 amide bonds. The first-order valence-electron chi connectivity index (χ1n) is 17.6. The van der Waals surface area contributed by atoms with Gasteiger partial charge in [0.1, 0.15) is 29.5 Å². The molecule has 0 spiro atoms. The number of fused-ring (bicyclic) bond motifs is 1. The third-order valence-electron chi connectivity index (χ3n) is 9.99. The van der Waals surface area contributed by atoms with Crippen LogP contribution in [-0.2, 0) is 34.4 Å². The lowest BCUT2D eigenvalue weighted by atomic mass is 9.85. The Kier molecular flexibility index (Phi) is 11.3. The molecular weight excluding hydrogens is 887 g/mol. The number of carbonyl (C=O) groups excluding carboxylic acids is 3. The van der Waals surface area contributed by atoms with Crippen LogP contribution in [0.5, 0.6) is 11.6 Å². The number of ether oxygens (including phenoxy) is 2. The summed E-state index contributed by atoms with van der Waals surface area (Å²) in [5.41, 5.74) is -1.88. The van der Waals surface area contributed by atoms with Crippen molar-refractivity contribution in [2.24, 2.45) is 5.41 Å². The van der Waals surface area contributed by atoms with Gasteiger partial charge in [0.05, 0.1) is 30.0 Å². The number of halogens is 2. The van der Waals surface area contributed by atoms with Gasteiger partial charge in [-0.2, -0.15) is 0 Å². The zero-order chi connectivity index (χ0) is 40.2. The Hall–Kier alpha value is -3.46.